The molecule has 1 aromatic rings. The van der Waals surface area contributed by atoms with Gasteiger partial charge in [0.15, 0.2) is 0 Å². The van der Waals surface area contributed by atoms with Gasteiger partial charge in [-0.2, -0.15) is 0 Å². The van der Waals surface area contributed by atoms with E-state index in [-0.39, 0.29) is 29.9 Å². The second-order valence-corrected chi connectivity index (χ2v) is 12.5. The van der Waals surface area contributed by atoms with E-state index in [1.54, 1.807) is 4.90 Å². The van der Waals surface area contributed by atoms with E-state index in [2.05, 4.69) is 19.2 Å². The van der Waals surface area contributed by atoms with Gasteiger partial charge in [-0.15, -0.1) is 0 Å². The van der Waals surface area contributed by atoms with Crippen molar-refractivity contribution in [2.45, 2.75) is 65.6 Å². The molecule has 0 unspecified atom stereocenters. The van der Waals surface area contributed by atoms with Crippen molar-refractivity contribution >= 4 is 22.0 Å². The highest BCUT2D eigenvalue weighted by molar-refractivity contribution is 7.88. The molecule has 1 saturated heterocycles. The molecule has 8 nitrogen and oxygen atoms in total. The summed E-state index contributed by atoms with van der Waals surface area (Å²) in [6, 6.07) is 5.54. The number of nitrogens with zero attached hydrogens (tertiary/aromatic N) is 2. The predicted octanol–water partition coefficient (Wildman–Crippen LogP) is 3.54. The molecule has 1 N–H and O–H groups in total. The Hall–Kier alpha value is -2.13. The van der Waals surface area contributed by atoms with Crippen LogP contribution in [0.4, 0.5) is 4.79 Å². The van der Waals surface area contributed by atoms with Gasteiger partial charge in [0.2, 0.25) is 10.0 Å². The molecule has 0 saturated carbocycles. The fourth-order valence-electron chi connectivity index (χ4n) is 4.62. The maximum Gasteiger partial charge on any atom is 0.411 e. The Kier molecular flexibility index (Phi) is 7.43. The third-order valence-corrected chi connectivity index (χ3v) is 7.56. The van der Waals surface area contributed by atoms with Gasteiger partial charge in [-0.1, -0.05) is 19.9 Å². The second-order valence-electron chi connectivity index (χ2n) is 10.5. The number of benzene rings is 1. The van der Waals surface area contributed by atoms with Crippen LogP contribution in [0.2, 0.25) is 0 Å². The lowest BCUT2D eigenvalue weighted by Crippen LogP contribution is -2.41. The first kappa shape index (κ1) is 25.5. The van der Waals surface area contributed by atoms with E-state index in [9.17, 15) is 18.0 Å². The van der Waals surface area contributed by atoms with Crippen LogP contribution in [-0.4, -0.2) is 61.1 Å². The molecule has 2 heterocycles. The molecule has 0 radical (unpaired) electrons. The molecule has 1 aromatic carbocycles. The van der Waals surface area contributed by atoms with Gasteiger partial charge >= 0.3 is 6.09 Å². The van der Waals surface area contributed by atoms with Gasteiger partial charge in [0.1, 0.15) is 5.60 Å². The molecule has 0 aliphatic carbocycles. The Morgan fingerprint density at radius 3 is 2.36 bits per heavy atom. The Morgan fingerprint density at radius 1 is 1.18 bits per heavy atom. The minimum Gasteiger partial charge on any atom is -0.444 e. The smallest absolute Gasteiger partial charge is 0.411 e. The monoisotopic (exact) mass is 479 g/mol. The summed E-state index contributed by atoms with van der Waals surface area (Å²) in [7, 11) is -3.15. The second kappa shape index (κ2) is 9.62. The summed E-state index contributed by atoms with van der Waals surface area (Å²) in [6.45, 7) is 11.6. The molecule has 33 heavy (non-hydrogen) atoms. The van der Waals surface area contributed by atoms with Crippen molar-refractivity contribution in [1.29, 1.82) is 0 Å². The zero-order chi connectivity index (χ0) is 24.6. The number of hydrogen-bond donors (Lipinski definition) is 1. The molecule has 9 heteroatoms. The fraction of sp³-hybridized carbons (Fsp3) is 0.667. The summed E-state index contributed by atoms with van der Waals surface area (Å²) < 4.78 is 30.4. The van der Waals surface area contributed by atoms with Crippen LogP contribution >= 0.6 is 0 Å². The van der Waals surface area contributed by atoms with E-state index in [0.717, 1.165) is 24.0 Å². The highest BCUT2D eigenvalue weighted by Gasteiger charge is 2.38. The summed E-state index contributed by atoms with van der Waals surface area (Å²) in [5.74, 6) is 0.311. The summed E-state index contributed by atoms with van der Waals surface area (Å²) in [4.78, 5) is 27.4. The van der Waals surface area contributed by atoms with Crippen molar-refractivity contribution < 1.29 is 22.7 Å². The number of carbonyl (C=O) groups is 2. The minimum atomic E-state index is -3.15. The van der Waals surface area contributed by atoms with Crippen LogP contribution in [0.1, 0.15) is 75.0 Å². The number of piperidine rings is 1. The normalized spacial score (nSPS) is 20.1. The third-order valence-electron chi connectivity index (χ3n) is 6.25. The molecule has 0 aromatic heterocycles. The molecule has 3 rings (SSSR count). The van der Waals surface area contributed by atoms with E-state index < -0.39 is 15.6 Å². The molecule has 1 atom stereocenters. The van der Waals surface area contributed by atoms with E-state index >= 15 is 0 Å². The Morgan fingerprint density at radius 2 is 1.82 bits per heavy atom. The van der Waals surface area contributed by atoms with Crippen LogP contribution in [0.3, 0.4) is 0 Å². The predicted molar refractivity (Wildman–Crippen MR) is 127 cm³/mol. The van der Waals surface area contributed by atoms with E-state index in [1.165, 1.54) is 10.6 Å². The molecule has 2 aliphatic heterocycles. The highest BCUT2D eigenvalue weighted by Crippen LogP contribution is 2.40. The van der Waals surface area contributed by atoms with Gasteiger partial charge in [-0.3, -0.25) is 9.69 Å². The highest BCUT2D eigenvalue weighted by atomic mass is 32.2. The number of rotatable bonds is 5. The molecular formula is C24H37N3O5S. The summed E-state index contributed by atoms with van der Waals surface area (Å²) >= 11 is 0. The van der Waals surface area contributed by atoms with E-state index in [1.807, 2.05) is 39.0 Å². The molecular weight excluding hydrogens is 442 g/mol. The topological polar surface area (TPSA) is 96.0 Å². The van der Waals surface area contributed by atoms with Crippen molar-refractivity contribution in [3.8, 4) is 0 Å². The number of fused-ring (bicyclic) bond motifs is 1. The Bertz CT molecular complexity index is 992. The van der Waals surface area contributed by atoms with Gasteiger partial charge in [0.05, 0.1) is 18.8 Å². The van der Waals surface area contributed by atoms with Crippen molar-refractivity contribution in [2.75, 3.05) is 25.9 Å². The lowest BCUT2D eigenvalue weighted by molar-refractivity contribution is 0.0127. The first-order chi connectivity index (χ1) is 15.3. The largest absolute Gasteiger partial charge is 0.444 e. The number of nitrogens with one attached hydrogen (secondary N) is 1. The number of carbonyl (C=O) groups excluding carboxylic acids is 2. The fourth-order valence-corrected chi connectivity index (χ4v) is 5.50. The summed E-state index contributed by atoms with van der Waals surface area (Å²) in [6.07, 6.45) is 2.36. The molecule has 0 bridgehead atoms. The number of ether oxygens (including phenoxy) is 1. The van der Waals surface area contributed by atoms with Crippen LogP contribution in [0, 0.1) is 11.8 Å². The lowest BCUT2D eigenvalue weighted by atomic mass is 9.94. The number of amides is 2. The van der Waals surface area contributed by atoms with Crippen LogP contribution in [0.25, 0.3) is 0 Å². The average molecular weight is 480 g/mol. The van der Waals surface area contributed by atoms with Gasteiger partial charge in [-0.25, -0.2) is 17.5 Å². The quantitative estimate of drug-likeness (QED) is 0.697. The summed E-state index contributed by atoms with van der Waals surface area (Å²) in [5.41, 5.74) is 2.01. The molecule has 2 amide bonds. The first-order valence-corrected chi connectivity index (χ1v) is 13.5. The molecule has 0 spiro atoms. The first-order valence-electron chi connectivity index (χ1n) is 11.6. The zero-order valence-electron chi connectivity index (χ0n) is 20.6. The maximum absolute atomic E-state index is 12.8. The van der Waals surface area contributed by atoms with Gasteiger partial charge in [0, 0.05) is 25.2 Å². The van der Waals surface area contributed by atoms with Gasteiger partial charge in [0.25, 0.3) is 5.91 Å². The lowest BCUT2D eigenvalue weighted by Gasteiger charge is -2.30. The van der Waals surface area contributed by atoms with Crippen LogP contribution < -0.4 is 5.32 Å². The van der Waals surface area contributed by atoms with E-state index in [0.29, 0.717) is 31.7 Å². The van der Waals surface area contributed by atoms with Crippen molar-refractivity contribution in [2.24, 2.45) is 11.8 Å². The third kappa shape index (κ3) is 6.26. The molecule has 184 valence electrons. The van der Waals surface area contributed by atoms with Crippen molar-refractivity contribution in [1.82, 2.24) is 14.5 Å². The van der Waals surface area contributed by atoms with Crippen LogP contribution in [0.15, 0.2) is 18.2 Å². The molecule has 1 fully saturated rings. The zero-order valence-corrected chi connectivity index (χ0v) is 21.4. The minimum absolute atomic E-state index is 0.0907. The standard InChI is InChI=1S/C24H37N3O5S/c1-16(2)21-20-8-7-18(13-19(20)15-27(21)23(29)32-24(3,4)5)22(28)25-14-17-9-11-26(12-10-17)33(6,30)31/h7-8,13,16-17,21H,9-12,14-15H2,1-6H3,(H,25,28)/t21-/m1/s1. The Balaban J connectivity index is 1.64. The Labute approximate surface area is 197 Å². The van der Waals surface area contributed by atoms with Crippen molar-refractivity contribution in [3.05, 3.63) is 34.9 Å². The average Bonchev–Trinajstić information content (AvgIpc) is 3.09. The number of sulfonamides is 1. The van der Waals surface area contributed by atoms with Gasteiger partial charge in [-0.05, 0) is 68.7 Å². The van der Waals surface area contributed by atoms with Gasteiger partial charge < -0.3 is 10.1 Å². The maximum atomic E-state index is 12.8. The van der Waals surface area contributed by atoms with Crippen LogP contribution in [0.5, 0.6) is 0 Å². The molecule has 2 aliphatic rings. The summed E-state index contributed by atoms with van der Waals surface area (Å²) in [5, 5.41) is 3.00. The SMILES string of the molecule is CC(C)[C@@H]1c2ccc(C(=O)NCC3CCN(S(C)(=O)=O)CC3)cc2CN1C(=O)OC(C)(C)C. The van der Waals surface area contributed by atoms with E-state index in [4.69, 9.17) is 4.74 Å². The van der Waals surface area contributed by atoms with Crippen LogP contribution in [-0.2, 0) is 21.3 Å². The van der Waals surface area contributed by atoms with Crippen molar-refractivity contribution in [3.63, 3.8) is 0 Å². The number of hydrogen-bond acceptors (Lipinski definition) is 5.